The fraction of sp³-hybridized carbons (Fsp3) is 0.538. The van der Waals surface area contributed by atoms with Gasteiger partial charge in [-0.3, -0.25) is 0 Å². The lowest BCUT2D eigenvalue weighted by Crippen LogP contribution is -2.46. The lowest BCUT2D eigenvalue weighted by atomic mass is 9.72. The van der Waals surface area contributed by atoms with Gasteiger partial charge in [-0.05, 0) is 35.6 Å². The van der Waals surface area contributed by atoms with E-state index in [1.807, 2.05) is 20.8 Å². The van der Waals surface area contributed by atoms with E-state index in [1.54, 1.807) is 13.0 Å². The van der Waals surface area contributed by atoms with Crippen LogP contribution in [0.25, 0.3) is 0 Å². The molecule has 3 heteroatoms. The van der Waals surface area contributed by atoms with Gasteiger partial charge in [-0.25, -0.2) is 4.39 Å². The van der Waals surface area contributed by atoms with Crippen LogP contribution in [0.15, 0.2) is 18.2 Å². The lowest BCUT2D eigenvalue weighted by molar-refractivity contribution is -0.0559. The zero-order valence-corrected chi connectivity index (χ0v) is 10.3. The molecule has 0 aromatic heterocycles. The molecule has 2 nitrogen and oxygen atoms in total. The third kappa shape index (κ3) is 2.25. The van der Waals surface area contributed by atoms with Crippen LogP contribution in [0.4, 0.5) is 4.39 Å². The molecule has 0 radical (unpaired) electrons. The number of hydrogen-bond donors (Lipinski definition) is 2. The van der Waals surface area contributed by atoms with Gasteiger partial charge in [0.05, 0.1) is 0 Å². The predicted molar refractivity (Wildman–Crippen MR) is 63.5 cm³/mol. The molecule has 1 atom stereocenters. The molecule has 0 saturated heterocycles. The molecule has 1 rings (SSSR count). The van der Waals surface area contributed by atoms with Crippen molar-refractivity contribution < 1.29 is 9.50 Å². The minimum absolute atomic E-state index is 0.0688. The van der Waals surface area contributed by atoms with Gasteiger partial charge in [0, 0.05) is 6.54 Å². The number of aryl methyl sites for hydroxylation is 1. The van der Waals surface area contributed by atoms with Gasteiger partial charge in [0.25, 0.3) is 0 Å². The SMILES string of the molecule is Cc1cc(F)cc(C(O)(CN)C(C)(C)C)c1. The highest BCUT2D eigenvalue weighted by Crippen LogP contribution is 2.38. The minimum Gasteiger partial charge on any atom is -0.383 e. The molecule has 1 aromatic rings. The molecule has 0 amide bonds. The van der Waals surface area contributed by atoms with Crippen LogP contribution in [-0.4, -0.2) is 11.7 Å². The van der Waals surface area contributed by atoms with Crippen molar-refractivity contribution in [3.8, 4) is 0 Å². The highest BCUT2D eigenvalue weighted by molar-refractivity contribution is 5.30. The fourth-order valence-corrected chi connectivity index (χ4v) is 1.83. The van der Waals surface area contributed by atoms with Gasteiger partial charge in [-0.2, -0.15) is 0 Å². The highest BCUT2D eigenvalue weighted by atomic mass is 19.1. The molecule has 0 aliphatic carbocycles. The Balaban J connectivity index is 3.34. The van der Waals surface area contributed by atoms with E-state index in [1.165, 1.54) is 12.1 Å². The molecule has 1 aromatic carbocycles. The Bertz CT molecular complexity index is 364. The quantitative estimate of drug-likeness (QED) is 0.811. The number of nitrogens with two attached hydrogens (primary N) is 1. The minimum atomic E-state index is -1.21. The second-order valence-electron chi connectivity index (χ2n) is 5.33. The summed E-state index contributed by atoms with van der Waals surface area (Å²) >= 11 is 0. The molecule has 90 valence electrons. The Kier molecular flexibility index (Phi) is 3.41. The van der Waals surface area contributed by atoms with Crippen LogP contribution in [0.1, 0.15) is 31.9 Å². The maximum atomic E-state index is 13.3. The topological polar surface area (TPSA) is 46.2 Å². The van der Waals surface area contributed by atoms with E-state index in [9.17, 15) is 9.50 Å². The summed E-state index contributed by atoms with van der Waals surface area (Å²) in [6.07, 6.45) is 0. The van der Waals surface area contributed by atoms with Crippen molar-refractivity contribution >= 4 is 0 Å². The van der Waals surface area contributed by atoms with Crippen LogP contribution in [-0.2, 0) is 5.60 Å². The Hall–Kier alpha value is -0.930. The normalized spacial score (nSPS) is 15.9. The molecule has 0 fully saturated rings. The van der Waals surface area contributed by atoms with Gasteiger partial charge < -0.3 is 10.8 Å². The molecule has 0 saturated carbocycles. The predicted octanol–water partition coefficient (Wildman–Crippen LogP) is 2.33. The number of hydrogen-bond acceptors (Lipinski definition) is 2. The van der Waals surface area contributed by atoms with E-state index < -0.39 is 11.0 Å². The van der Waals surface area contributed by atoms with Crippen molar-refractivity contribution in [1.29, 1.82) is 0 Å². The first-order valence-corrected chi connectivity index (χ1v) is 5.41. The average Bonchev–Trinajstić information content (AvgIpc) is 2.13. The molecule has 0 aliphatic rings. The van der Waals surface area contributed by atoms with Crippen LogP contribution >= 0.6 is 0 Å². The third-order valence-corrected chi connectivity index (χ3v) is 3.06. The van der Waals surface area contributed by atoms with Crippen molar-refractivity contribution in [3.05, 3.63) is 35.1 Å². The lowest BCUT2D eigenvalue weighted by Gasteiger charge is -2.40. The van der Waals surface area contributed by atoms with Crippen molar-refractivity contribution in [2.75, 3.05) is 6.54 Å². The number of aliphatic hydroxyl groups is 1. The summed E-state index contributed by atoms with van der Waals surface area (Å²) < 4.78 is 13.3. The summed E-state index contributed by atoms with van der Waals surface area (Å²) in [6.45, 7) is 7.53. The second-order valence-corrected chi connectivity index (χ2v) is 5.33. The van der Waals surface area contributed by atoms with Gasteiger partial charge in [0.2, 0.25) is 0 Å². The van der Waals surface area contributed by atoms with Gasteiger partial charge in [-0.1, -0.05) is 26.8 Å². The fourth-order valence-electron chi connectivity index (χ4n) is 1.83. The largest absolute Gasteiger partial charge is 0.383 e. The molecule has 0 heterocycles. The Labute approximate surface area is 96.3 Å². The number of rotatable bonds is 2. The van der Waals surface area contributed by atoms with Crippen LogP contribution in [0.5, 0.6) is 0 Å². The third-order valence-electron chi connectivity index (χ3n) is 3.06. The maximum absolute atomic E-state index is 13.3. The summed E-state index contributed by atoms with van der Waals surface area (Å²) in [5, 5.41) is 10.6. The van der Waals surface area contributed by atoms with Crippen molar-refractivity contribution in [2.24, 2.45) is 11.1 Å². The van der Waals surface area contributed by atoms with Crippen LogP contribution in [0.3, 0.4) is 0 Å². The molecule has 16 heavy (non-hydrogen) atoms. The molecule has 1 unspecified atom stereocenters. The monoisotopic (exact) mass is 225 g/mol. The van der Waals surface area contributed by atoms with Gasteiger partial charge in [0.1, 0.15) is 11.4 Å². The van der Waals surface area contributed by atoms with Gasteiger partial charge in [0.15, 0.2) is 0 Å². The molecular formula is C13H20FNO. The first kappa shape index (κ1) is 13.1. The van der Waals surface area contributed by atoms with Gasteiger partial charge >= 0.3 is 0 Å². The Morgan fingerprint density at radius 1 is 1.25 bits per heavy atom. The Morgan fingerprint density at radius 2 is 1.81 bits per heavy atom. The standard InChI is InChI=1S/C13H20FNO/c1-9-5-10(7-11(14)6-9)13(16,8-15)12(2,3)4/h5-7,16H,8,15H2,1-4H3. The summed E-state index contributed by atoms with van der Waals surface area (Å²) in [5.74, 6) is -0.342. The van der Waals surface area contributed by atoms with Crippen LogP contribution in [0.2, 0.25) is 0 Å². The summed E-state index contributed by atoms with van der Waals surface area (Å²) in [4.78, 5) is 0. The van der Waals surface area contributed by atoms with E-state index in [4.69, 9.17) is 5.73 Å². The second kappa shape index (κ2) is 4.15. The Morgan fingerprint density at radius 3 is 2.19 bits per heavy atom. The van der Waals surface area contributed by atoms with Crippen LogP contribution in [0, 0.1) is 18.2 Å². The van der Waals surface area contributed by atoms with Gasteiger partial charge in [-0.15, -0.1) is 0 Å². The summed E-state index contributed by atoms with van der Waals surface area (Å²) in [5.41, 5.74) is 5.33. The van der Waals surface area contributed by atoms with E-state index in [0.29, 0.717) is 5.56 Å². The smallest absolute Gasteiger partial charge is 0.123 e. The summed E-state index contributed by atoms with van der Waals surface area (Å²) in [6, 6.07) is 4.56. The van der Waals surface area contributed by atoms with E-state index in [-0.39, 0.29) is 12.4 Å². The first-order chi connectivity index (χ1) is 7.20. The number of halogens is 1. The van der Waals surface area contributed by atoms with Crippen molar-refractivity contribution in [2.45, 2.75) is 33.3 Å². The van der Waals surface area contributed by atoms with Crippen molar-refractivity contribution in [1.82, 2.24) is 0 Å². The number of benzene rings is 1. The van der Waals surface area contributed by atoms with Crippen molar-refractivity contribution in [3.63, 3.8) is 0 Å². The molecule has 3 N–H and O–H groups in total. The molecule has 0 bridgehead atoms. The van der Waals surface area contributed by atoms with E-state index in [0.717, 1.165) is 5.56 Å². The average molecular weight is 225 g/mol. The summed E-state index contributed by atoms with van der Waals surface area (Å²) in [7, 11) is 0. The van der Waals surface area contributed by atoms with E-state index in [2.05, 4.69) is 0 Å². The zero-order valence-electron chi connectivity index (χ0n) is 10.3. The van der Waals surface area contributed by atoms with Crippen LogP contribution < -0.4 is 5.73 Å². The highest BCUT2D eigenvalue weighted by Gasteiger charge is 2.40. The zero-order chi connectivity index (χ0) is 12.6. The molecule has 0 spiro atoms. The maximum Gasteiger partial charge on any atom is 0.123 e. The molecule has 0 aliphatic heterocycles. The first-order valence-electron chi connectivity index (χ1n) is 5.41. The molecular weight excluding hydrogens is 205 g/mol. The van der Waals surface area contributed by atoms with E-state index >= 15 is 0 Å².